The van der Waals surface area contributed by atoms with Crippen molar-refractivity contribution in [2.75, 3.05) is 5.32 Å². The lowest BCUT2D eigenvalue weighted by Gasteiger charge is -2.19. The Morgan fingerprint density at radius 3 is 2.38 bits per heavy atom. The molecule has 32 heavy (non-hydrogen) atoms. The summed E-state index contributed by atoms with van der Waals surface area (Å²) in [6.07, 6.45) is 3.39. The summed E-state index contributed by atoms with van der Waals surface area (Å²) >= 11 is 6.06. The number of carbonyl (C=O) groups is 1. The number of aromatic nitrogens is 2. The van der Waals surface area contributed by atoms with Crippen molar-refractivity contribution < 1.29 is 9.90 Å². The summed E-state index contributed by atoms with van der Waals surface area (Å²) < 4.78 is 1.67. The van der Waals surface area contributed by atoms with E-state index in [-0.39, 0.29) is 5.41 Å². The van der Waals surface area contributed by atoms with Crippen LogP contribution in [0.15, 0.2) is 65.4 Å². The van der Waals surface area contributed by atoms with Crippen molar-refractivity contribution in [3.8, 4) is 5.69 Å². The number of hydrogen-bond donors (Lipinski definition) is 3. The Labute approximate surface area is 195 Å². The predicted molar refractivity (Wildman–Crippen MR) is 132 cm³/mol. The highest BCUT2D eigenvalue weighted by Crippen LogP contribution is 2.28. The molecule has 2 aromatic rings. The largest absolute Gasteiger partial charge is 0.386 e. The average Bonchev–Trinajstić information content (AvgIpc) is 3.09. The molecule has 172 valence electrons. The average molecular weight is 457 g/mol. The first-order valence-corrected chi connectivity index (χ1v) is 10.8. The molecule has 3 N–H and O–H groups in total. The number of aliphatic hydroxyl groups is 1. The van der Waals surface area contributed by atoms with Gasteiger partial charge in [-0.05, 0) is 63.1 Å². The van der Waals surface area contributed by atoms with E-state index >= 15 is 0 Å². The summed E-state index contributed by atoms with van der Waals surface area (Å²) in [6, 6.07) is 8.91. The number of nitrogens with one attached hydrogen (secondary N) is 2. The van der Waals surface area contributed by atoms with E-state index in [0.29, 0.717) is 16.5 Å². The molecule has 2 amide bonds. The SMILES string of the molecule is C=C(C)/C(Cl)=C\C=C(/C)NC(=O)Nc1cc(C(C)(C)C)nn1-c1cccc(C(C)(C)O)c1. The summed E-state index contributed by atoms with van der Waals surface area (Å²) in [5.41, 5.74) is 2.45. The molecule has 0 atom stereocenters. The van der Waals surface area contributed by atoms with Gasteiger partial charge in [-0.2, -0.15) is 5.10 Å². The van der Waals surface area contributed by atoms with E-state index in [4.69, 9.17) is 16.7 Å². The molecular weight excluding hydrogens is 424 g/mol. The highest BCUT2D eigenvalue weighted by molar-refractivity contribution is 6.32. The first-order valence-electron chi connectivity index (χ1n) is 10.4. The number of urea groups is 1. The van der Waals surface area contributed by atoms with Gasteiger partial charge < -0.3 is 10.4 Å². The van der Waals surface area contributed by atoms with Crippen LogP contribution in [0.4, 0.5) is 10.6 Å². The highest BCUT2D eigenvalue weighted by atomic mass is 35.5. The molecule has 0 unspecified atom stereocenters. The first-order chi connectivity index (χ1) is 14.7. The number of anilines is 1. The molecule has 7 heteroatoms. The Bertz CT molecular complexity index is 1070. The molecule has 0 aliphatic carbocycles. The summed E-state index contributed by atoms with van der Waals surface area (Å²) in [5.74, 6) is 0.517. The maximum atomic E-state index is 12.7. The Balaban J connectivity index is 2.37. The quantitative estimate of drug-likeness (QED) is 0.458. The number of hydrogen-bond acceptors (Lipinski definition) is 3. The molecule has 0 radical (unpaired) electrons. The number of benzene rings is 1. The van der Waals surface area contributed by atoms with E-state index in [1.807, 2.05) is 37.3 Å². The molecule has 0 bridgehead atoms. The number of rotatable bonds is 6. The molecule has 1 aromatic heterocycles. The van der Waals surface area contributed by atoms with Crippen molar-refractivity contribution in [1.29, 1.82) is 0 Å². The van der Waals surface area contributed by atoms with Crippen molar-refractivity contribution >= 4 is 23.4 Å². The maximum Gasteiger partial charge on any atom is 0.324 e. The third-order valence-corrected chi connectivity index (χ3v) is 5.16. The lowest BCUT2D eigenvalue weighted by Crippen LogP contribution is -2.28. The lowest BCUT2D eigenvalue weighted by molar-refractivity contribution is 0.0786. The predicted octanol–water partition coefficient (Wildman–Crippen LogP) is 6.12. The van der Waals surface area contributed by atoms with E-state index in [1.54, 1.807) is 37.6 Å². The van der Waals surface area contributed by atoms with E-state index < -0.39 is 11.6 Å². The standard InChI is InChI=1S/C25H33ClN4O2/c1-16(2)20(26)13-12-17(3)27-23(31)28-22-15-21(24(4,5)6)29-30(22)19-11-9-10-18(14-19)25(7,8)32/h9-15,32H,1H2,2-8H3,(H2,27,28,31)/b17-12+,20-13+. The van der Waals surface area contributed by atoms with Crippen LogP contribution in [0.25, 0.3) is 5.69 Å². The second kappa shape index (κ2) is 9.76. The lowest BCUT2D eigenvalue weighted by atomic mass is 9.92. The van der Waals surface area contributed by atoms with Gasteiger partial charge in [0.1, 0.15) is 5.82 Å². The van der Waals surface area contributed by atoms with Gasteiger partial charge in [-0.1, -0.05) is 51.1 Å². The third-order valence-electron chi connectivity index (χ3n) is 4.71. The monoisotopic (exact) mass is 456 g/mol. The zero-order chi connectivity index (χ0) is 24.3. The van der Waals surface area contributed by atoms with Crippen LogP contribution >= 0.6 is 11.6 Å². The number of halogens is 1. The van der Waals surface area contributed by atoms with Crippen LogP contribution in [0.3, 0.4) is 0 Å². The number of allylic oxidation sites excluding steroid dienone is 5. The van der Waals surface area contributed by atoms with Gasteiger partial charge in [0.25, 0.3) is 0 Å². The smallest absolute Gasteiger partial charge is 0.324 e. The second-order valence-corrected chi connectivity index (χ2v) is 9.82. The van der Waals surface area contributed by atoms with Gasteiger partial charge in [-0.25, -0.2) is 9.48 Å². The molecule has 0 saturated heterocycles. The molecule has 2 rings (SSSR count). The normalized spacial score (nSPS) is 13.2. The Morgan fingerprint density at radius 2 is 1.81 bits per heavy atom. The van der Waals surface area contributed by atoms with Crippen LogP contribution in [0.2, 0.25) is 0 Å². The summed E-state index contributed by atoms with van der Waals surface area (Å²) in [7, 11) is 0. The van der Waals surface area contributed by atoms with Crippen LogP contribution in [0, 0.1) is 0 Å². The zero-order valence-corrected chi connectivity index (χ0v) is 20.6. The summed E-state index contributed by atoms with van der Waals surface area (Å²) in [4.78, 5) is 12.7. The van der Waals surface area contributed by atoms with Crippen molar-refractivity contribution in [1.82, 2.24) is 15.1 Å². The molecule has 6 nitrogen and oxygen atoms in total. The van der Waals surface area contributed by atoms with E-state index in [9.17, 15) is 9.90 Å². The van der Waals surface area contributed by atoms with Gasteiger partial charge in [-0.3, -0.25) is 5.32 Å². The minimum Gasteiger partial charge on any atom is -0.386 e. The molecule has 0 saturated carbocycles. The van der Waals surface area contributed by atoms with Crippen LogP contribution in [-0.4, -0.2) is 20.9 Å². The second-order valence-electron chi connectivity index (χ2n) is 9.41. The van der Waals surface area contributed by atoms with E-state index in [0.717, 1.165) is 22.5 Å². The molecule has 0 aliphatic heterocycles. The van der Waals surface area contributed by atoms with Crippen molar-refractivity contribution in [2.24, 2.45) is 0 Å². The van der Waals surface area contributed by atoms with Crippen LogP contribution in [0.1, 0.15) is 59.7 Å². The zero-order valence-electron chi connectivity index (χ0n) is 19.9. The van der Waals surface area contributed by atoms with Crippen LogP contribution in [0.5, 0.6) is 0 Å². The minimum atomic E-state index is -0.999. The van der Waals surface area contributed by atoms with Gasteiger partial charge >= 0.3 is 6.03 Å². The fourth-order valence-corrected chi connectivity index (χ4v) is 2.82. The van der Waals surface area contributed by atoms with Crippen molar-refractivity contribution in [2.45, 2.75) is 59.5 Å². The number of carbonyl (C=O) groups excluding carboxylic acids is 1. The fourth-order valence-electron chi connectivity index (χ4n) is 2.76. The van der Waals surface area contributed by atoms with Gasteiger partial charge in [0.15, 0.2) is 0 Å². The van der Waals surface area contributed by atoms with Crippen molar-refractivity contribution in [3.05, 3.63) is 76.6 Å². The maximum absolute atomic E-state index is 12.7. The third kappa shape index (κ3) is 6.84. The van der Waals surface area contributed by atoms with Gasteiger partial charge in [0.2, 0.25) is 0 Å². The molecule has 0 spiro atoms. The molecular formula is C25H33ClN4O2. The van der Waals surface area contributed by atoms with E-state index in [1.165, 1.54) is 0 Å². The Kier molecular flexibility index (Phi) is 7.75. The number of nitrogens with zero attached hydrogens (tertiary/aromatic N) is 2. The van der Waals surface area contributed by atoms with Gasteiger partial charge in [-0.15, -0.1) is 0 Å². The highest BCUT2D eigenvalue weighted by Gasteiger charge is 2.23. The molecule has 1 heterocycles. The van der Waals surface area contributed by atoms with Gasteiger partial charge in [0.05, 0.1) is 17.0 Å². The molecule has 0 aliphatic rings. The Hall–Kier alpha value is -2.83. The molecule has 0 fully saturated rings. The topological polar surface area (TPSA) is 79.2 Å². The Morgan fingerprint density at radius 1 is 1.16 bits per heavy atom. The minimum absolute atomic E-state index is 0.216. The first kappa shape index (κ1) is 25.4. The van der Waals surface area contributed by atoms with Crippen LogP contribution < -0.4 is 10.6 Å². The van der Waals surface area contributed by atoms with Crippen LogP contribution in [-0.2, 0) is 11.0 Å². The summed E-state index contributed by atoms with van der Waals surface area (Å²) in [6.45, 7) is 17.0. The molecule has 1 aromatic carbocycles. The summed E-state index contributed by atoms with van der Waals surface area (Å²) in [5, 5.41) is 21.3. The van der Waals surface area contributed by atoms with Crippen molar-refractivity contribution in [3.63, 3.8) is 0 Å². The fraction of sp³-hybridized carbons (Fsp3) is 0.360. The van der Waals surface area contributed by atoms with E-state index in [2.05, 4.69) is 38.0 Å². The van der Waals surface area contributed by atoms with Gasteiger partial charge in [0, 0.05) is 22.2 Å². The number of amides is 2.